The Kier molecular flexibility index (Phi) is 6.65. The number of nitriles is 1. The second-order valence-electron chi connectivity index (χ2n) is 7.73. The smallest absolute Gasteiger partial charge is 0.416 e. The Bertz CT molecular complexity index is 881. The molecule has 0 aromatic heterocycles. The average molecular weight is 425 g/mol. The van der Waals surface area contributed by atoms with E-state index in [1.54, 1.807) is 26.8 Å². The molecule has 2 rings (SSSR count). The monoisotopic (exact) mass is 425 g/mol. The third-order valence-electron chi connectivity index (χ3n) is 4.26. The molecule has 1 aliphatic heterocycles. The van der Waals surface area contributed by atoms with Gasteiger partial charge < -0.3 is 15.2 Å². The van der Waals surface area contributed by atoms with Crippen LogP contribution in [0.15, 0.2) is 35.6 Å². The van der Waals surface area contributed by atoms with Crippen molar-refractivity contribution in [3.63, 3.8) is 0 Å². The topological polar surface area (TPSA) is 103 Å². The summed E-state index contributed by atoms with van der Waals surface area (Å²) in [5.74, 6) is -1.59. The molecule has 30 heavy (non-hydrogen) atoms. The average Bonchev–Trinajstić information content (AvgIpc) is 3.10. The van der Waals surface area contributed by atoms with E-state index in [2.05, 4.69) is 5.32 Å². The zero-order valence-corrected chi connectivity index (χ0v) is 16.7. The first-order chi connectivity index (χ1) is 13.8. The molecular weight excluding hydrogens is 403 g/mol. The minimum absolute atomic E-state index is 0.0176. The number of nitrogens with zero attached hydrogens (tertiary/aromatic N) is 2. The molecule has 0 aliphatic carbocycles. The molecule has 0 saturated carbocycles. The number of nitrogens with one attached hydrogen (secondary N) is 1. The second kappa shape index (κ2) is 8.65. The van der Waals surface area contributed by atoms with Crippen LogP contribution in [-0.4, -0.2) is 40.2 Å². The number of hydrogen-bond acceptors (Lipinski definition) is 5. The Morgan fingerprint density at radius 2 is 1.83 bits per heavy atom. The van der Waals surface area contributed by atoms with Gasteiger partial charge in [0.2, 0.25) is 0 Å². The van der Waals surface area contributed by atoms with Crippen LogP contribution < -0.4 is 5.32 Å². The number of hydrogen-bond donors (Lipinski definition) is 2. The van der Waals surface area contributed by atoms with Crippen molar-refractivity contribution in [1.82, 2.24) is 4.90 Å². The lowest BCUT2D eigenvalue weighted by molar-refractivity contribution is -0.137. The molecule has 0 spiro atoms. The van der Waals surface area contributed by atoms with E-state index >= 15 is 0 Å². The van der Waals surface area contributed by atoms with Crippen LogP contribution in [0.2, 0.25) is 0 Å². The van der Waals surface area contributed by atoms with Gasteiger partial charge in [0.05, 0.1) is 11.6 Å². The number of anilines is 1. The summed E-state index contributed by atoms with van der Waals surface area (Å²) < 4.78 is 43.2. The Morgan fingerprint density at radius 1 is 1.23 bits per heavy atom. The minimum Gasteiger partial charge on any atom is -0.509 e. The maximum Gasteiger partial charge on any atom is 0.416 e. The summed E-state index contributed by atoms with van der Waals surface area (Å²) in [6, 6.07) is 4.33. The van der Waals surface area contributed by atoms with Crippen molar-refractivity contribution in [1.29, 1.82) is 5.26 Å². The third kappa shape index (κ3) is 5.65. The molecule has 162 valence electrons. The SMILES string of the molecule is CC(C)(C)OC(=O)N1CCCC1/C(O)=C(\C#N)C(=O)Nc1ccc(C(F)(F)F)cc1. The number of carbonyl (C=O) groups excluding carboxylic acids is 2. The highest BCUT2D eigenvalue weighted by Gasteiger charge is 2.37. The molecule has 1 aromatic rings. The lowest BCUT2D eigenvalue weighted by Gasteiger charge is -2.28. The highest BCUT2D eigenvalue weighted by molar-refractivity contribution is 6.07. The van der Waals surface area contributed by atoms with Gasteiger partial charge in [-0.15, -0.1) is 0 Å². The van der Waals surface area contributed by atoms with Crippen LogP contribution >= 0.6 is 0 Å². The standard InChI is InChI=1S/C20H22F3N3O4/c1-19(2,3)30-18(29)26-10-4-5-15(26)16(27)14(11-24)17(28)25-13-8-6-12(7-9-13)20(21,22)23/h6-9,15,27H,4-5,10H2,1-3H3,(H,25,28)/b16-14-. The van der Waals surface area contributed by atoms with E-state index in [1.807, 2.05) is 0 Å². The van der Waals surface area contributed by atoms with E-state index in [4.69, 9.17) is 4.74 Å². The molecular formula is C20H22F3N3O4. The van der Waals surface area contributed by atoms with E-state index in [1.165, 1.54) is 4.90 Å². The Hall–Kier alpha value is -3.22. The van der Waals surface area contributed by atoms with Crippen LogP contribution in [0, 0.1) is 11.3 Å². The number of alkyl halides is 3. The molecule has 1 atom stereocenters. The summed E-state index contributed by atoms with van der Waals surface area (Å²) in [5, 5.41) is 22.2. The van der Waals surface area contributed by atoms with Crippen molar-refractivity contribution in [3.8, 4) is 6.07 Å². The molecule has 10 heteroatoms. The number of benzene rings is 1. The van der Waals surface area contributed by atoms with Gasteiger partial charge in [-0.2, -0.15) is 18.4 Å². The Labute approximate surface area is 171 Å². The molecule has 1 saturated heterocycles. The van der Waals surface area contributed by atoms with Crippen LogP contribution in [0.3, 0.4) is 0 Å². The number of halogens is 3. The Balaban J connectivity index is 2.20. The lowest BCUT2D eigenvalue weighted by atomic mass is 10.1. The van der Waals surface area contributed by atoms with Gasteiger partial charge in [-0.25, -0.2) is 4.79 Å². The van der Waals surface area contributed by atoms with Crippen LogP contribution in [0.1, 0.15) is 39.2 Å². The van der Waals surface area contributed by atoms with Crippen LogP contribution in [0.4, 0.5) is 23.7 Å². The number of aliphatic hydroxyl groups excluding tert-OH is 1. The van der Waals surface area contributed by atoms with E-state index in [9.17, 15) is 33.1 Å². The maximum atomic E-state index is 12.6. The van der Waals surface area contributed by atoms with Gasteiger partial charge in [-0.3, -0.25) is 9.69 Å². The number of rotatable bonds is 3. The number of carbonyl (C=O) groups is 2. The normalized spacial score (nSPS) is 17.8. The first kappa shape index (κ1) is 23.1. The van der Waals surface area contributed by atoms with Crippen molar-refractivity contribution in [2.45, 2.75) is 51.4 Å². The summed E-state index contributed by atoms with van der Waals surface area (Å²) >= 11 is 0. The summed E-state index contributed by atoms with van der Waals surface area (Å²) in [6.45, 7) is 5.33. The summed E-state index contributed by atoms with van der Waals surface area (Å²) in [7, 11) is 0. The minimum atomic E-state index is -4.52. The molecule has 2 N–H and O–H groups in total. The number of likely N-dealkylation sites (tertiary alicyclic amines) is 1. The molecule has 1 aromatic carbocycles. The van der Waals surface area contributed by atoms with E-state index in [0.29, 0.717) is 12.8 Å². The quantitative estimate of drug-likeness (QED) is 0.425. The van der Waals surface area contributed by atoms with Gasteiger partial charge in [0.15, 0.2) is 5.57 Å². The molecule has 2 amide bonds. The highest BCUT2D eigenvalue weighted by Crippen LogP contribution is 2.30. The van der Waals surface area contributed by atoms with E-state index < -0.39 is 46.7 Å². The first-order valence-electron chi connectivity index (χ1n) is 9.15. The fraction of sp³-hybridized carbons (Fsp3) is 0.450. The van der Waals surface area contributed by atoms with Crippen LogP contribution in [0.5, 0.6) is 0 Å². The van der Waals surface area contributed by atoms with Crippen molar-refractivity contribution < 1.29 is 32.6 Å². The predicted octanol–water partition coefficient (Wildman–Crippen LogP) is 4.38. The maximum absolute atomic E-state index is 12.6. The summed E-state index contributed by atoms with van der Waals surface area (Å²) in [6.07, 6.45) is -4.35. The molecule has 1 heterocycles. The van der Waals surface area contributed by atoms with Crippen molar-refractivity contribution in [2.75, 3.05) is 11.9 Å². The zero-order valence-electron chi connectivity index (χ0n) is 16.7. The van der Waals surface area contributed by atoms with Gasteiger partial charge in [0.1, 0.15) is 17.4 Å². The third-order valence-corrected chi connectivity index (χ3v) is 4.26. The molecule has 1 unspecified atom stereocenters. The number of aliphatic hydroxyl groups is 1. The molecule has 0 radical (unpaired) electrons. The summed E-state index contributed by atoms with van der Waals surface area (Å²) in [4.78, 5) is 26.0. The van der Waals surface area contributed by atoms with Gasteiger partial charge in [-0.1, -0.05) is 0 Å². The van der Waals surface area contributed by atoms with Gasteiger partial charge in [0.25, 0.3) is 5.91 Å². The van der Waals surface area contributed by atoms with Crippen molar-refractivity contribution >= 4 is 17.7 Å². The number of amides is 2. The van der Waals surface area contributed by atoms with E-state index in [0.717, 1.165) is 24.3 Å². The van der Waals surface area contributed by atoms with Crippen molar-refractivity contribution in [2.24, 2.45) is 0 Å². The molecule has 7 nitrogen and oxygen atoms in total. The lowest BCUT2D eigenvalue weighted by Crippen LogP contribution is -2.41. The fourth-order valence-corrected chi connectivity index (χ4v) is 2.92. The molecule has 0 bridgehead atoms. The Morgan fingerprint density at radius 3 is 2.33 bits per heavy atom. The fourth-order valence-electron chi connectivity index (χ4n) is 2.92. The summed E-state index contributed by atoms with van der Waals surface area (Å²) in [5.41, 5.74) is -2.26. The highest BCUT2D eigenvalue weighted by atomic mass is 19.4. The van der Waals surface area contributed by atoms with E-state index in [-0.39, 0.29) is 12.2 Å². The van der Waals surface area contributed by atoms with Crippen molar-refractivity contribution in [3.05, 3.63) is 41.2 Å². The number of ether oxygens (including phenoxy) is 1. The second-order valence-corrected chi connectivity index (χ2v) is 7.73. The van der Waals surface area contributed by atoms with Gasteiger partial charge >= 0.3 is 12.3 Å². The molecule has 1 aliphatic rings. The van der Waals surface area contributed by atoms with Gasteiger partial charge in [-0.05, 0) is 57.9 Å². The van der Waals surface area contributed by atoms with Crippen LogP contribution in [-0.2, 0) is 15.7 Å². The van der Waals surface area contributed by atoms with Gasteiger partial charge in [0, 0.05) is 12.2 Å². The zero-order chi connectivity index (χ0) is 22.7. The molecule has 1 fully saturated rings. The predicted molar refractivity (Wildman–Crippen MR) is 101 cm³/mol. The largest absolute Gasteiger partial charge is 0.509 e. The first-order valence-corrected chi connectivity index (χ1v) is 9.15. The van der Waals surface area contributed by atoms with Crippen LogP contribution in [0.25, 0.3) is 0 Å².